The molecule has 0 unspecified atom stereocenters. The van der Waals surface area contributed by atoms with Gasteiger partial charge < -0.3 is 4.74 Å². The Bertz CT molecular complexity index is 122. The molecular weight excluding hydrogens is 104 g/mol. The summed E-state index contributed by atoms with van der Waals surface area (Å²) in [7, 11) is 1.89. The van der Waals surface area contributed by atoms with Crippen molar-refractivity contribution >= 4 is 5.90 Å². The van der Waals surface area contributed by atoms with Gasteiger partial charge in [0.15, 0.2) is 6.23 Å². The number of hydrogen-bond donors (Lipinski definition) is 0. The van der Waals surface area contributed by atoms with Crippen molar-refractivity contribution in [2.75, 3.05) is 7.05 Å². The fraction of sp³-hybridized carbons (Fsp3) is 0.800. The number of rotatable bonds is 0. The second-order valence-electron chi connectivity index (χ2n) is 1.91. The normalized spacial score (nSPS) is 27.6. The Balaban J connectivity index is 2.56. The molecule has 0 N–H and O–H groups in total. The summed E-state index contributed by atoms with van der Waals surface area (Å²) < 4.78 is 5.15. The van der Waals surface area contributed by atoms with Crippen LogP contribution in [0.5, 0.6) is 0 Å². The SMILES string of the molecule is CC1=NN(C)[C@@H](C)O1. The van der Waals surface area contributed by atoms with Crippen molar-refractivity contribution in [1.29, 1.82) is 0 Å². The average molecular weight is 114 g/mol. The maximum absolute atomic E-state index is 5.15. The highest BCUT2D eigenvalue weighted by Gasteiger charge is 2.15. The first-order valence-electron chi connectivity index (χ1n) is 2.65. The topological polar surface area (TPSA) is 24.8 Å². The lowest BCUT2D eigenvalue weighted by Gasteiger charge is -2.10. The molecule has 0 bridgehead atoms. The largest absolute Gasteiger partial charge is 0.455 e. The van der Waals surface area contributed by atoms with Gasteiger partial charge in [-0.2, -0.15) is 0 Å². The molecule has 0 spiro atoms. The van der Waals surface area contributed by atoms with E-state index >= 15 is 0 Å². The molecular formula is C5H10N2O. The highest BCUT2D eigenvalue weighted by atomic mass is 16.5. The van der Waals surface area contributed by atoms with Gasteiger partial charge in [0.2, 0.25) is 5.90 Å². The minimum atomic E-state index is 0.120. The van der Waals surface area contributed by atoms with Gasteiger partial charge >= 0.3 is 0 Å². The molecule has 0 aromatic carbocycles. The van der Waals surface area contributed by atoms with Crippen LogP contribution in [0.2, 0.25) is 0 Å². The van der Waals surface area contributed by atoms with Crippen LogP contribution in [0.25, 0.3) is 0 Å². The first kappa shape index (κ1) is 5.41. The van der Waals surface area contributed by atoms with Crippen molar-refractivity contribution in [3.63, 3.8) is 0 Å². The van der Waals surface area contributed by atoms with Crippen molar-refractivity contribution < 1.29 is 4.74 Å². The van der Waals surface area contributed by atoms with Crippen LogP contribution in [0.3, 0.4) is 0 Å². The van der Waals surface area contributed by atoms with E-state index in [0.717, 1.165) is 5.90 Å². The van der Waals surface area contributed by atoms with Crippen LogP contribution in [0.1, 0.15) is 13.8 Å². The predicted octanol–water partition coefficient (Wildman–Crippen LogP) is 0.628. The van der Waals surface area contributed by atoms with E-state index in [1.54, 1.807) is 5.01 Å². The maximum atomic E-state index is 5.15. The van der Waals surface area contributed by atoms with Gasteiger partial charge in [-0.15, -0.1) is 5.10 Å². The zero-order valence-electron chi connectivity index (χ0n) is 5.38. The molecule has 0 fully saturated rings. The van der Waals surface area contributed by atoms with Gasteiger partial charge in [-0.25, -0.2) is 0 Å². The average Bonchev–Trinajstić information content (AvgIpc) is 1.85. The van der Waals surface area contributed by atoms with Gasteiger partial charge in [-0.3, -0.25) is 5.01 Å². The lowest BCUT2D eigenvalue weighted by atomic mass is 10.6. The molecule has 1 heterocycles. The highest BCUT2D eigenvalue weighted by molar-refractivity contribution is 5.73. The molecule has 0 aliphatic carbocycles. The fourth-order valence-corrected chi connectivity index (χ4v) is 0.650. The van der Waals surface area contributed by atoms with Gasteiger partial charge in [0, 0.05) is 14.0 Å². The molecule has 3 heteroatoms. The van der Waals surface area contributed by atoms with Crippen LogP contribution in [0.4, 0.5) is 0 Å². The molecule has 0 aromatic rings. The molecule has 3 nitrogen and oxygen atoms in total. The molecule has 0 radical (unpaired) electrons. The Morgan fingerprint density at radius 2 is 2.38 bits per heavy atom. The van der Waals surface area contributed by atoms with Gasteiger partial charge in [-0.05, 0) is 6.92 Å². The van der Waals surface area contributed by atoms with Crippen molar-refractivity contribution in [2.24, 2.45) is 5.10 Å². The van der Waals surface area contributed by atoms with Crippen LogP contribution in [-0.2, 0) is 4.74 Å². The smallest absolute Gasteiger partial charge is 0.205 e. The molecule has 1 atom stereocenters. The summed E-state index contributed by atoms with van der Waals surface area (Å²) in [6.07, 6.45) is 0.120. The summed E-state index contributed by atoms with van der Waals surface area (Å²) in [5, 5.41) is 5.78. The van der Waals surface area contributed by atoms with Crippen LogP contribution >= 0.6 is 0 Å². The van der Waals surface area contributed by atoms with E-state index in [0.29, 0.717) is 0 Å². The quantitative estimate of drug-likeness (QED) is 0.461. The van der Waals surface area contributed by atoms with E-state index in [-0.39, 0.29) is 6.23 Å². The van der Waals surface area contributed by atoms with Gasteiger partial charge in [0.05, 0.1) is 0 Å². The Morgan fingerprint density at radius 3 is 2.50 bits per heavy atom. The van der Waals surface area contributed by atoms with E-state index in [1.807, 2.05) is 20.9 Å². The number of hydrazone groups is 1. The van der Waals surface area contributed by atoms with E-state index in [9.17, 15) is 0 Å². The summed E-state index contributed by atoms with van der Waals surface area (Å²) in [4.78, 5) is 0. The Morgan fingerprint density at radius 1 is 1.75 bits per heavy atom. The van der Waals surface area contributed by atoms with E-state index in [4.69, 9.17) is 4.74 Å². The van der Waals surface area contributed by atoms with Crippen LogP contribution in [0.15, 0.2) is 5.10 Å². The molecule has 1 aliphatic heterocycles. The summed E-state index contributed by atoms with van der Waals surface area (Å²) >= 11 is 0. The highest BCUT2D eigenvalue weighted by Crippen LogP contribution is 2.06. The third-order valence-corrected chi connectivity index (χ3v) is 1.17. The first-order valence-corrected chi connectivity index (χ1v) is 2.65. The summed E-state index contributed by atoms with van der Waals surface area (Å²) in [5.74, 6) is 0.750. The number of ether oxygens (including phenoxy) is 1. The molecule has 1 aliphatic rings. The molecule has 1 rings (SSSR count). The number of nitrogens with zero attached hydrogens (tertiary/aromatic N) is 2. The van der Waals surface area contributed by atoms with Crippen molar-refractivity contribution in [3.05, 3.63) is 0 Å². The zero-order chi connectivity index (χ0) is 6.15. The standard InChI is InChI=1S/C5H10N2O/c1-4-6-7(3)5(2)8-4/h5H,1-3H3/t5-/m1/s1. The molecule has 0 amide bonds. The summed E-state index contributed by atoms with van der Waals surface area (Å²) in [6, 6.07) is 0. The lowest BCUT2D eigenvalue weighted by molar-refractivity contribution is 0.0952. The van der Waals surface area contributed by atoms with E-state index in [1.165, 1.54) is 0 Å². The predicted molar refractivity (Wildman–Crippen MR) is 31.4 cm³/mol. The third kappa shape index (κ3) is 0.757. The lowest BCUT2D eigenvalue weighted by Crippen LogP contribution is -2.19. The Hall–Kier alpha value is -0.730. The van der Waals surface area contributed by atoms with Crippen molar-refractivity contribution in [1.82, 2.24) is 5.01 Å². The van der Waals surface area contributed by atoms with E-state index < -0.39 is 0 Å². The molecule has 0 saturated carbocycles. The van der Waals surface area contributed by atoms with Gasteiger partial charge in [-0.1, -0.05) is 0 Å². The fourth-order valence-electron chi connectivity index (χ4n) is 0.650. The molecule has 46 valence electrons. The van der Waals surface area contributed by atoms with Crippen molar-refractivity contribution in [2.45, 2.75) is 20.1 Å². The molecule has 0 saturated heterocycles. The minimum Gasteiger partial charge on any atom is -0.455 e. The Kier molecular flexibility index (Phi) is 1.12. The van der Waals surface area contributed by atoms with Crippen molar-refractivity contribution in [3.8, 4) is 0 Å². The second kappa shape index (κ2) is 1.65. The molecule has 0 aromatic heterocycles. The first-order chi connectivity index (χ1) is 3.70. The maximum Gasteiger partial charge on any atom is 0.205 e. The minimum absolute atomic E-state index is 0.120. The molecule has 8 heavy (non-hydrogen) atoms. The van der Waals surface area contributed by atoms with Crippen LogP contribution in [0, 0.1) is 0 Å². The second-order valence-corrected chi connectivity index (χ2v) is 1.91. The zero-order valence-corrected chi connectivity index (χ0v) is 5.38. The number of hydrogen-bond acceptors (Lipinski definition) is 3. The van der Waals surface area contributed by atoms with E-state index in [2.05, 4.69) is 5.10 Å². The summed E-state index contributed by atoms with van der Waals surface area (Å²) in [6.45, 7) is 3.81. The Labute approximate surface area is 48.9 Å². The summed E-state index contributed by atoms with van der Waals surface area (Å²) in [5.41, 5.74) is 0. The monoisotopic (exact) mass is 114 g/mol. The third-order valence-electron chi connectivity index (χ3n) is 1.17. The van der Waals surface area contributed by atoms with Crippen LogP contribution < -0.4 is 0 Å². The van der Waals surface area contributed by atoms with Gasteiger partial charge in [0.1, 0.15) is 0 Å². The van der Waals surface area contributed by atoms with Crippen LogP contribution in [-0.4, -0.2) is 24.2 Å². The van der Waals surface area contributed by atoms with Gasteiger partial charge in [0.25, 0.3) is 0 Å².